The normalized spacial score (nSPS) is 11.0. The number of aliphatic hydroxyl groups is 1. The van der Waals surface area contributed by atoms with Gasteiger partial charge in [0.2, 0.25) is 5.65 Å². The molecule has 0 bridgehead atoms. The molecule has 27 heavy (non-hydrogen) atoms. The Morgan fingerprint density at radius 2 is 2.11 bits per heavy atom. The van der Waals surface area contributed by atoms with Gasteiger partial charge in [-0.2, -0.15) is 0 Å². The number of imidazole rings is 1. The fraction of sp³-hybridized carbons (Fsp3) is 0.278. The summed E-state index contributed by atoms with van der Waals surface area (Å²) >= 11 is 0. The van der Waals surface area contributed by atoms with Crippen molar-refractivity contribution in [2.24, 2.45) is 7.05 Å². The molecule has 0 radical (unpaired) electrons. The zero-order valence-corrected chi connectivity index (χ0v) is 15.1. The van der Waals surface area contributed by atoms with Crippen LogP contribution in [0.4, 0.5) is 4.39 Å². The number of hydrogen-bond donors (Lipinski definition) is 1. The van der Waals surface area contributed by atoms with E-state index in [0.29, 0.717) is 11.4 Å². The summed E-state index contributed by atoms with van der Waals surface area (Å²) in [5.74, 6) is -0.598. The van der Waals surface area contributed by atoms with Gasteiger partial charge in [-0.15, -0.1) is 0 Å². The number of amides is 1. The van der Waals surface area contributed by atoms with Crippen LogP contribution in [-0.4, -0.2) is 57.2 Å². The second kappa shape index (κ2) is 7.20. The molecule has 1 amide bonds. The highest BCUT2D eigenvalue weighted by Crippen LogP contribution is 2.25. The Balaban J connectivity index is 2.13. The molecule has 2 aromatic heterocycles. The molecule has 2 heterocycles. The van der Waals surface area contributed by atoms with Crippen molar-refractivity contribution in [2.75, 3.05) is 27.3 Å². The molecule has 0 aliphatic carbocycles. The zero-order chi connectivity index (χ0) is 19.7. The Morgan fingerprint density at radius 1 is 1.37 bits per heavy atom. The number of carbonyl (C=O) groups excluding carboxylic acids is 1. The number of ether oxygens (including phenoxy) is 1. The maximum atomic E-state index is 14.5. The van der Waals surface area contributed by atoms with Crippen molar-refractivity contribution in [1.29, 1.82) is 0 Å². The van der Waals surface area contributed by atoms with E-state index in [-0.39, 0.29) is 30.1 Å². The molecule has 0 spiro atoms. The highest BCUT2D eigenvalue weighted by atomic mass is 19.1. The molecule has 3 rings (SSSR count). The van der Waals surface area contributed by atoms with Crippen molar-refractivity contribution in [2.45, 2.75) is 0 Å². The molecule has 3 aromatic rings. The van der Waals surface area contributed by atoms with E-state index >= 15 is 0 Å². The van der Waals surface area contributed by atoms with Gasteiger partial charge in [0, 0.05) is 44.7 Å². The molecule has 0 aliphatic rings. The van der Waals surface area contributed by atoms with Crippen molar-refractivity contribution in [3.8, 4) is 17.0 Å². The molecule has 0 aliphatic heterocycles. The number of fused-ring (bicyclic) bond motifs is 1. The largest absolute Gasteiger partial charge is 0.497 e. The van der Waals surface area contributed by atoms with E-state index in [9.17, 15) is 14.0 Å². The van der Waals surface area contributed by atoms with Crippen LogP contribution >= 0.6 is 0 Å². The van der Waals surface area contributed by atoms with Gasteiger partial charge in [0.25, 0.3) is 11.5 Å². The molecule has 9 heteroatoms. The van der Waals surface area contributed by atoms with E-state index in [1.54, 1.807) is 6.07 Å². The summed E-state index contributed by atoms with van der Waals surface area (Å²) in [5, 5.41) is 8.96. The van der Waals surface area contributed by atoms with Crippen molar-refractivity contribution < 1.29 is 19.0 Å². The summed E-state index contributed by atoms with van der Waals surface area (Å²) in [7, 11) is 4.47. The zero-order valence-electron chi connectivity index (χ0n) is 15.1. The number of hydrogen-bond acceptors (Lipinski definition) is 5. The molecule has 1 N–H and O–H groups in total. The van der Waals surface area contributed by atoms with Gasteiger partial charge in [-0.25, -0.2) is 9.37 Å². The highest BCUT2D eigenvalue weighted by Gasteiger charge is 2.19. The number of methoxy groups -OCH3 is 1. The quantitative estimate of drug-likeness (QED) is 0.717. The molecule has 0 fully saturated rings. The van der Waals surface area contributed by atoms with Crippen LogP contribution in [0.3, 0.4) is 0 Å². The summed E-state index contributed by atoms with van der Waals surface area (Å²) in [6.45, 7) is -0.0364. The third-order valence-electron chi connectivity index (χ3n) is 4.30. The van der Waals surface area contributed by atoms with Crippen LogP contribution in [0.5, 0.6) is 5.75 Å². The lowest BCUT2D eigenvalue weighted by atomic mass is 10.1. The molecular weight excluding hydrogens is 355 g/mol. The van der Waals surface area contributed by atoms with Crippen LogP contribution in [-0.2, 0) is 7.05 Å². The van der Waals surface area contributed by atoms with Gasteiger partial charge >= 0.3 is 0 Å². The molecule has 0 saturated carbocycles. The second-order valence-electron chi connectivity index (χ2n) is 6.03. The number of likely N-dealkylation sites (N-methyl/N-ethyl adjacent to an activating group) is 1. The fourth-order valence-corrected chi connectivity index (χ4v) is 2.76. The minimum absolute atomic E-state index is 0.0518. The van der Waals surface area contributed by atoms with Crippen molar-refractivity contribution in [3.05, 3.63) is 52.5 Å². The topological polar surface area (TPSA) is 89.1 Å². The minimum Gasteiger partial charge on any atom is -0.497 e. The molecule has 1 aromatic carbocycles. The maximum absolute atomic E-state index is 14.5. The van der Waals surface area contributed by atoms with Gasteiger partial charge in [0.05, 0.1) is 19.4 Å². The number of aliphatic hydroxyl groups excluding tert-OH is 1. The first-order valence-electron chi connectivity index (χ1n) is 8.16. The fourth-order valence-electron chi connectivity index (χ4n) is 2.76. The van der Waals surface area contributed by atoms with E-state index in [4.69, 9.17) is 9.84 Å². The predicted octanol–water partition coefficient (Wildman–Crippen LogP) is 0.912. The van der Waals surface area contributed by atoms with Crippen molar-refractivity contribution >= 4 is 11.6 Å². The lowest BCUT2D eigenvalue weighted by Crippen LogP contribution is -2.29. The summed E-state index contributed by atoms with van der Waals surface area (Å²) in [4.78, 5) is 30.4. The molecule has 142 valence electrons. The number of nitrogens with zero attached hydrogens (tertiary/aromatic N) is 4. The van der Waals surface area contributed by atoms with Crippen LogP contribution in [0.1, 0.15) is 10.5 Å². The second-order valence-corrected chi connectivity index (χ2v) is 6.03. The SMILES string of the molecule is COc1ccc(-c2cn3cc(C(=O)N(C)CCO)nc3c(=O)n2C)c(F)c1. The summed E-state index contributed by atoms with van der Waals surface area (Å²) in [6, 6.07) is 4.35. The number of benzene rings is 1. The molecule has 8 nitrogen and oxygen atoms in total. The Morgan fingerprint density at radius 3 is 2.74 bits per heavy atom. The Kier molecular flexibility index (Phi) is 4.95. The average Bonchev–Trinajstić information content (AvgIpc) is 3.08. The van der Waals surface area contributed by atoms with E-state index in [0.717, 1.165) is 0 Å². The van der Waals surface area contributed by atoms with Gasteiger partial charge in [-0.3, -0.25) is 14.0 Å². The summed E-state index contributed by atoms with van der Waals surface area (Å²) in [6.07, 6.45) is 2.95. The lowest BCUT2D eigenvalue weighted by Gasteiger charge is -2.13. The van der Waals surface area contributed by atoms with E-state index < -0.39 is 17.3 Å². The van der Waals surface area contributed by atoms with Crippen LogP contribution in [0.25, 0.3) is 16.9 Å². The third-order valence-corrected chi connectivity index (χ3v) is 4.30. The van der Waals surface area contributed by atoms with Gasteiger partial charge in [0.1, 0.15) is 17.3 Å². The maximum Gasteiger partial charge on any atom is 0.294 e. The first kappa shape index (κ1) is 18.6. The van der Waals surface area contributed by atoms with Gasteiger partial charge in [-0.1, -0.05) is 0 Å². The lowest BCUT2D eigenvalue weighted by molar-refractivity contribution is 0.0762. The first-order valence-corrected chi connectivity index (χ1v) is 8.16. The average molecular weight is 374 g/mol. The van der Waals surface area contributed by atoms with E-state index in [2.05, 4.69) is 4.98 Å². The van der Waals surface area contributed by atoms with Crippen LogP contribution in [0.15, 0.2) is 35.4 Å². The van der Waals surface area contributed by atoms with Gasteiger partial charge in [-0.05, 0) is 12.1 Å². The molecule has 0 saturated heterocycles. The highest BCUT2D eigenvalue weighted by molar-refractivity contribution is 5.92. The monoisotopic (exact) mass is 374 g/mol. The standard InChI is InChI=1S/C18H19FN4O4/c1-21(6-7-24)17(25)14-9-23-10-15(22(2)18(26)16(23)20-14)12-5-4-11(27-3)8-13(12)19/h4-5,8-10,24H,6-7H2,1-3H3. The van der Waals surface area contributed by atoms with E-state index in [1.807, 2.05) is 0 Å². The van der Waals surface area contributed by atoms with Gasteiger partial charge < -0.3 is 19.3 Å². The smallest absolute Gasteiger partial charge is 0.294 e. The predicted molar refractivity (Wildman–Crippen MR) is 96.4 cm³/mol. The Bertz CT molecular complexity index is 1070. The number of carbonyl (C=O) groups is 1. The third kappa shape index (κ3) is 3.28. The Labute approximate surface area is 154 Å². The first-order chi connectivity index (χ1) is 12.9. The van der Waals surface area contributed by atoms with Crippen LogP contribution in [0.2, 0.25) is 0 Å². The van der Waals surface area contributed by atoms with Crippen LogP contribution in [0, 0.1) is 5.82 Å². The number of rotatable bonds is 5. The minimum atomic E-state index is -0.539. The van der Waals surface area contributed by atoms with Crippen LogP contribution < -0.4 is 10.3 Å². The number of aromatic nitrogens is 3. The summed E-state index contributed by atoms with van der Waals surface area (Å²) < 4.78 is 22.1. The summed E-state index contributed by atoms with van der Waals surface area (Å²) in [5.41, 5.74) is 0.196. The molecule has 0 atom stereocenters. The van der Waals surface area contributed by atoms with E-state index in [1.165, 1.54) is 59.6 Å². The molecular formula is C18H19FN4O4. The molecule has 0 unspecified atom stereocenters. The Hall–Kier alpha value is -3.20. The van der Waals surface area contributed by atoms with Crippen molar-refractivity contribution in [1.82, 2.24) is 18.9 Å². The van der Waals surface area contributed by atoms with Crippen molar-refractivity contribution in [3.63, 3.8) is 0 Å². The number of halogens is 1. The van der Waals surface area contributed by atoms with Gasteiger partial charge in [0.15, 0.2) is 0 Å².